The van der Waals surface area contributed by atoms with Crippen molar-refractivity contribution in [3.63, 3.8) is 0 Å². The van der Waals surface area contributed by atoms with Crippen molar-refractivity contribution in [2.24, 2.45) is 0 Å². The maximum absolute atomic E-state index is 11.6. The van der Waals surface area contributed by atoms with Gasteiger partial charge in [-0.05, 0) is 19.8 Å². The van der Waals surface area contributed by atoms with Gasteiger partial charge in [0.05, 0.1) is 13.2 Å². The molecule has 0 aromatic carbocycles. The standard InChI is InChI=1S/C14H26O3/c1-3-5-6-7-8-9-10-11-14(12-17-14)13(15)16-4-2/h3-12H2,1-2H3. The van der Waals surface area contributed by atoms with Gasteiger partial charge < -0.3 is 9.47 Å². The second-order valence-corrected chi connectivity index (χ2v) is 4.87. The van der Waals surface area contributed by atoms with E-state index >= 15 is 0 Å². The van der Waals surface area contributed by atoms with E-state index in [1.54, 1.807) is 0 Å². The molecule has 17 heavy (non-hydrogen) atoms. The molecule has 0 amide bonds. The average molecular weight is 242 g/mol. The molecule has 1 unspecified atom stereocenters. The van der Waals surface area contributed by atoms with E-state index in [4.69, 9.17) is 9.47 Å². The van der Waals surface area contributed by atoms with Gasteiger partial charge in [-0.2, -0.15) is 0 Å². The number of ether oxygens (including phenoxy) is 2. The van der Waals surface area contributed by atoms with E-state index < -0.39 is 5.60 Å². The number of hydrogen-bond acceptors (Lipinski definition) is 3. The first-order valence-electron chi connectivity index (χ1n) is 7.06. The molecule has 0 spiro atoms. The molecule has 0 aliphatic carbocycles. The van der Waals surface area contributed by atoms with E-state index in [0.717, 1.165) is 12.8 Å². The van der Waals surface area contributed by atoms with Crippen molar-refractivity contribution in [1.29, 1.82) is 0 Å². The Labute approximate surface area is 105 Å². The highest BCUT2D eigenvalue weighted by Gasteiger charge is 2.52. The van der Waals surface area contributed by atoms with Crippen LogP contribution < -0.4 is 0 Å². The average Bonchev–Trinajstić information content (AvgIpc) is 3.09. The Morgan fingerprint density at radius 3 is 2.24 bits per heavy atom. The smallest absolute Gasteiger partial charge is 0.340 e. The molecule has 1 fully saturated rings. The molecule has 0 bridgehead atoms. The highest BCUT2D eigenvalue weighted by atomic mass is 16.6. The molecule has 3 nitrogen and oxygen atoms in total. The number of carbonyl (C=O) groups excluding carboxylic acids is 1. The summed E-state index contributed by atoms with van der Waals surface area (Å²) in [6.45, 7) is 5.07. The maximum Gasteiger partial charge on any atom is 0.340 e. The van der Waals surface area contributed by atoms with E-state index in [0.29, 0.717) is 13.2 Å². The van der Waals surface area contributed by atoms with Crippen molar-refractivity contribution >= 4 is 5.97 Å². The minimum Gasteiger partial charge on any atom is -0.464 e. The van der Waals surface area contributed by atoms with Crippen LogP contribution in [0.3, 0.4) is 0 Å². The zero-order valence-electron chi connectivity index (χ0n) is 11.3. The van der Waals surface area contributed by atoms with Crippen LogP contribution in [0.25, 0.3) is 0 Å². The number of esters is 1. The lowest BCUT2D eigenvalue weighted by atomic mass is 10.0. The SMILES string of the molecule is CCCCCCCCCC1(C(=O)OCC)CO1. The molecule has 0 N–H and O–H groups in total. The zero-order chi connectivity index (χ0) is 12.6. The number of hydrogen-bond donors (Lipinski definition) is 0. The van der Waals surface area contributed by atoms with E-state index in [2.05, 4.69) is 6.92 Å². The molecule has 1 heterocycles. The minimum atomic E-state index is -0.556. The lowest BCUT2D eigenvalue weighted by Crippen LogP contribution is -2.27. The Balaban J connectivity index is 2.00. The molecule has 1 saturated heterocycles. The summed E-state index contributed by atoms with van der Waals surface area (Å²) in [5.74, 6) is -0.161. The summed E-state index contributed by atoms with van der Waals surface area (Å²) in [7, 11) is 0. The van der Waals surface area contributed by atoms with Crippen LogP contribution in [-0.4, -0.2) is 24.8 Å². The van der Waals surface area contributed by atoms with Crippen molar-refractivity contribution in [3.05, 3.63) is 0 Å². The lowest BCUT2D eigenvalue weighted by molar-refractivity contribution is -0.149. The third-order valence-electron chi connectivity index (χ3n) is 3.32. The first kappa shape index (κ1) is 14.5. The molecule has 1 rings (SSSR count). The van der Waals surface area contributed by atoms with Crippen LogP contribution in [0.2, 0.25) is 0 Å². The van der Waals surface area contributed by atoms with Gasteiger partial charge in [-0.3, -0.25) is 0 Å². The van der Waals surface area contributed by atoms with Gasteiger partial charge in [0.15, 0.2) is 5.60 Å². The molecule has 1 aliphatic heterocycles. The van der Waals surface area contributed by atoms with Gasteiger partial charge in [0.1, 0.15) is 0 Å². The van der Waals surface area contributed by atoms with E-state index in [9.17, 15) is 4.79 Å². The normalized spacial score (nSPS) is 22.5. The topological polar surface area (TPSA) is 38.8 Å². The fraction of sp³-hybridized carbons (Fsp3) is 0.929. The number of carbonyl (C=O) groups is 1. The van der Waals surface area contributed by atoms with E-state index in [1.165, 1.54) is 38.5 Å². The summed E-state index contributed by atoms with van der Waals surface area (Å²) in [6.07, 6.45) is 9.69. The Kier molecular flexibility index (Phi) is 6.56. The second kappa shape index (κ2) is 7.70. The lowest BCUT2D eigenvalue weighted by Gasteiger charge is -2.10. The summed E-state index contributed by atoms with van der Waals surface area (Å²) < 4.78 is 10.3. The van der Waals surface area contributed by atoms with Crippen LogP contribution in [0, 0.1) is 0 Å². The zero-order valence-corrected chi connectivity index (χ0v) is 11.3. The predicted molar refractivity (Wildman–Crippen MR) is 67.9 cm³/mol. The highest BCUT2D eigenvalue weighted by molar-refractivity contribution is 5.82. The molecular weight excluding hydrogens is 216 g/mol. The van der Waals surface area contributed by atoms with E-state index in [-0.39, 0.29) is 5.97 Å². The van der Waals surface area contributed by atoms with Crippen molar-refractivity contribution in [2.45, 2.75) is 70.8 Å². The third kappa shape index (κ3) is 5.07. The summed E-state index contributed by atoms with van der Waals surface area (Å²) in [5, 5.41) is 0. The quantitative estimate of drug-likeness (QED) is 0.334. The molecule has 1 atom stereocenters. The number of unbranched alkanes of at least 4 members (excludes halogenated alkanes) is 6. The van der Waals surface area contributed by atoms with E-state index in [1.807, 2.05) is 6.92 Å². The minimum absolute atomic E-state index is 0.161. The van der Waals surface area contributed by atoms with Gasteiger partial charge in [0.2, 0.25) is 0 Å². The van der Waals surface area contributed by atoms with Gasteiger partial charge in [0, 0.05) is 0 Å². The van der Waals surface area contributed by atoms with Crippen LogP contribution in [0.1, 0.15) is 65.2 Å². The van der Waals surface area contributed by atoms with Gasteiger partial charge in [-0.15, -0.1) is 0 Å². The summed E-state index contributed by atoms with van der Waals surface area (Å²) in [6, 6.07) is 0. The van der Waals surface area contributed by atoms with Crippen molar-refractivity contribution in [2.75, 3.05) is 13.2 Å². The Morgan fingerprint density at radius 2 is 1.71 bits per heavy atom. The highest BCUT2D eigenvalue weighted by Crippen LogP contribution is 2.34. The molecule has 0 aromatic heterocycles. The first-order valence-corrected chi connectivity index (χ1v) is 7.06. The van der Waals surface area contributed by atoms with Gasteiger partial charge in [0.25, 0.3) is 0 Å². The molecular formula is C14H26O3. The fourth-order valence-corrected chi connectivity index (χ4v) is 2.08. The first-order chi connectivity index (χ1) is 8.25. The van der Waals surface area contributed by atoms with Crippen LogP contribution in [0.15, 0.2) is 0 Å². The molecule has 0 aromatic rings. The van der Waals surface area contributed by atoms with Crippen molar-refractivity contribution < 1.29 is 14.3 Å². The van der Waals surface area contributed by atoms with Crippen LogP contribution >= 0.6 is 0 Å². The molecule has 0 saturated carbocycles. The van der Waals surface area contributed by atoms with Crippen LogP contribution in [0.4, 0.5) is 0 Å². The Morgan fingerprint density at radius 1 is 1.12 bits per heavy atom. The van der Waals surface area contributed by atoms with Gasteiger partial charge in [-0.25, -0.2) is 4.79 Å². The number of epoxide rings is 1. The Hall–Kier alpha value is -0.570. The largest absolute Gasteiger partial charge is 0.464 e. The van der Waals surface area contributed by atoms with Crippen molar-refractivity contribution in [3.8, 4) is 0 Å². The monoisotopic (exact) mass is 242 g/mol. The predicted octanol–water partition coefficient (Wildman–Crippen LogP) is 3.46. The third-order valence-corrected chi connectivity index (χ3v) is 3.32. The second-order valence-electron chi connectivity index (χ2n) is 4.87. The molecule has 100 valence electrons. The summed E-state index contributed by atoms with van der Waals surface area (Å²) >= 11 is 0. The molecule has 0 radical (unpaired) electrons. The number of rotatable bonds is 10. The summed E-state index contributed by atoms with van der Waals surface area (Å²) in [5.41, 5.74) is -0.556. The van der Waals surface area contributed by atoms with Crippen LogP contribution in [0.5, 0.6) is 0 Å². The molecule has 3 heteroatoms. The van der Waals surface area contributed by atoms with Crippen molar-refractivity contribution in [1.82, 2.24) is 0 Å². The van der Waals surface area contributed by atoms with Crippen LogP contribution in [-0.2, 0) is 14.3 Å². The Bertz CT molecular complexity index is 222. The maximum atomic E-state index is 11.6. The summed E-state index contributed by atoms with van der Waals surface area (Å²) in [4.78, 5) is 11.6. The van der Waals surface area contributed by atoms with Gasteiger partial charge >= 0.3 is 5.97 Å². The fourth-order valence-electron chi connectivity index (χ4n) is 2.08. The molecule has 1 aliphatic rings. The van der Waals surface area contributed by atoms with Gasteiger partial charge in [-0.1, -0.05) is 45.4 Å².